The first-order chi connectivity index (χ1) is 35.1. The van der Waals surface area contributed by atoms with Gasteiger partial charge in [0.05, 0.1) is 76.1 Å². The first-order valence-corrected chi connectivity index (χ1v) is 24.6. The number of hydrogen-bond donors (Lipinski definition) is 3. The van der Waals surface area contributed by atoms with Gasteiger partial charge in [-0.05, 0) is 74.2 Å². The number of nitrogens with one attached hydrogen (secondary N) is 3. The van der Waals surface area contributed by atoms with Gasteiger partial charge in [-0.2, -0.15) is 0 Å². The van der Waals surface area contributed by atoms with E-state index >= 15 is 0 Å². The third kappa shape index (κ3) is 11.4. The van der Waals surface area contributed by atoms with Crippen LogP contribution in [0.15, 0.2) is 108 Å². The van der Waals surface area contributed by atoms with Crippen LogP contribution in [0.3, 0.4) is 0 Å². The van der Waals surface area contributed by atoms with E-state index in [1.807, 2.05) is 43.1 Å². The van der Waals surface area contributed by atoms with Crippen LogP contribution in [-0.4, -0.2) is 140 Å². The lowest BCUT2D eigenvalue weighted by molar-refractivity contribution is -0.132. The molecule has 18 nitrogen and oxygen atoms in total. The maximum atomic E-state index is 13.3. The first-order valence-electron chi connectivity index (χ1n) is 24.6. The van der Waals surface area contributed by atoms with E-state index in [-0.39, 0.29) is 17.0 Å². The van der Waals surface area contributed by atoms with Crippen LogP contribution in [-0.2, 0) is 35.1 Å². The molecule has 0 aliphatic carbocycles. The van der Waals surface area contributed by atoms with Crippen molar-refractivity contribution in [2.45, 2.75) is 45.7 Å². The van der Waals surface area contributed by atoms with Crippen molar-refractivity contribution in [3.8, 4) is 22.4 Å². The maximum absolute atomic E-state index is 13.3. The fraction of sp³-hybridized carbons (Fsp3) is 0.370. The van der Waals surface area contributed by atoms with Gasteiger partial charge in [0.15, 0.2) is 0 Å². The lowest BCUT2D eigenvalue weighted by Crippen LogP contribution is -2.51. The molecular formula is C54H61N9O9. The molecule has 0 bridgehead atoms. The molecule has 72 heavy (non-hydrogen) atoms. The van der Waals surface area contributed by atoms with Crippen molar-refractivity contribution < 1.29 is 42.6 Å². The number of imidazole rings is 1. The molecule has 1 unspecified atom stereocenters. The van der Waals surface area contributed by atoms with Crippen molar-refractivity contribution in [2.24, 2.45) is 0 Å². The van der Waals surface area contributed by atoms with Crippen molar-refractivity contribution >= 4 is 46.5 Å². The number of allylic oxidation sites excluding steroid dienone is 1. The summed E-state index contributed by atoms with van der Waals surface area (Å²) in [6, 6.07) is 27.1. The predicted molar refractivity (Wildman–Crippen MR) is 272 cm³/mol. The van der Waals surface area contributed by atoms with Gasteiger partial charge >= 0.3 is 0 Å². The van der Waals surface area contributed by atoms with Gasteiger partial charge in [-0.25, -0.2) is 4.98 Å². The summed E-state index contributed by atoms with van der Waals surface area (Å²) in [5.41, 5.74) is 9.41. The smallest absolute Gasteiger partial charge is 0.264 e. The molecule has 3 aromatic heterocycles. The summed E-state index contributed by atoms with van der Waals surface area (Å²) in [6.07, 6.45) is 3.21. The Hall–Kier alpha value is -7.38. The van der Waals surface area contributed by atoms with Gasteiger partial charge in [0, 0.05) is 73.7 Å². The summed E-state index contributed by atoms with van der Waals surface area (Å²) < 4.78 is 30.2. The van der Waals surface area contributed by atoms with Crippen LogP contribution in [0.2, 0.25) is 0 Å². The van der Waals surface area contributed by atoms with E-state index in [2.05, 4.69) is 85.5 Å². The van der Waals surface area contributed by atoms with E-state index in [1.165, 1.54) is 5.56 Å². The van der Waals surface area contributed by atoms with Crippen LogP contribution in [0.25, 0.3) is 28.0 Å². The zero-order valence-electron chi connectivity index (χ0n) is 40.8. The van der Waals surface area contributed by atoms with E-state index in [1.54, 1.807) is 18.2 Å². The summed E-state index contributed by atoms with van der Waals surface area (Å²) >= 11 is 0. The standard InChI is InChI=1S/C54H61N9O9/c1-36-12-17-45(52(65)57-36)63-53(66)43-10-7-11-44(49(43)54(63)67)55-20-27-69-29-31-71-33-32-70-30-28-68-26-19-47(64)61-24-22-60(23-25-61)42-15-13-40(14-16-42)50-51(56-35-39-8-5-4-6-9-39)62-21-18-41(34-46(62)58-50)48-37(2)59-72-38(48)3/h4-11,13-16,18,21,34,45,55-56H,1,12,17,19-20,22-33,35H2,2-3H3,(H,57,65). The summed E-state index contributed by atoms with van der Waals surface area (Å²) in [6.45, 7) is 14.4. The minimum atomic E-state index is -0.863. The molecule has 18 heteroatoms. The SMILES string of the molecule is C=C1CCC(N2C(=O)c3cccc(NCCOCCOCCOCCOCCC(=O)N4CCN(c5ccc(-c6nc7cc(-c8c(C)noc8C)ccn7c6NCc6ccccc6)cc5)CC4)c3C2=O)C(=O)N1. The second kappa shape index (κ2) is 23.2. The number of rotatable bonds is 23. The zero-order valence-corrected chi connectivity index (χ0v) is 40.8. The van der Waals surface area contributed by atoms with Crippen molar-refractivity contribution in [3.05, 3.63) is 132 Å². The Morgan fingerprint density at radius 2 is 1.49 bits per heavy atom. The molecule has 376 valence electrons. The van der Waals surface area contributed by atoms with Crippen LogP contribution in [0.5, 0.6) is 0 Å². The molecule has 3 aliphatic heterocycles. The third-order valence-electron chi connectivity index (χ3n) is 13.1. The molecule has 2 saturated heterocycles. The number of hydrogen-bond acceptors (Lipinski definition) is 14. The molecule has 6 aromatic rings. The number of anilines is 3. The van der Waals surface area contributed by atoms with Gasteiger partial charge in [0.1, 0.15) is 29.0 Å². The van der Waals surface area contributed by atoms with Crippen LogP contribution in [0.1, 0.15) is 57.0 Å². The zero-order chi connectivity index (χ0) is 50.0. The van der Waals surface area contributed by atoms with Gasteiger partial charge < -0.3 is 49.2 Å². The van der Waals surface area contributed by atoms with Crippen molar-refractivity contribution in [2.75, 3.05) is 101 Å². The van der Waals surface area contributed by atoms with Gasteiger partial charge in [0.2, 0.25) is 11.8 Å². The fourth-order valence-electron chi connectivity index (χ4n) is 9.37. The fourth-order valence-corrected chi connectivity index (χ4v) is 9.37. The monoisotopic (exact) mass is 979 g/mol. The lowest BCUT2D eigenvalue weighted by atomic mass is 10.0. The largest absolute Gasteiger partial charge is 0.382 e. The molecule has 0 spiro atoms. The van der Waals surface area contributed by atoms with Crippen LogP contribution in [0, 0.1) is 13.8 Å². The highest BCUT2D eigenvalue weighted by Gasteiger charge is 2.45. The topological polar surface area (TPSA) is 194 Å². The minimum absolute atomic E-state index is 0.0812. The Labute approximate surface area is 418 Å². The van der Waals surface area contributed by atoms with Crippen LogP contribution in [0.4, 0.5) is 17.2 Å². The lowest BCUT2D eigenvalue weighted by Gasteiger charge is -2.36. The van der Waals surface area contributed by atoms with Gasteiger partial charge in [-0.3, -0.25) is 28.5 Å². The maximum Gasteiger partial charge on any atom is 0.264 e. The molecule has 3 aromatic carbocycles. The molecule has 1 atom stereocenters. The normalized spacial score (nSPS) is 15.9. The number of fused-ring (bicyclic) bond motifs is 2. The van der Waals surface area contributed by atoms with Gasteiger partial charge in [-0.1, -0.05) is 60.3 Å². The average molecular weight is 980 g/mol. The van der Waals surface area contributed by atoms with Crippen LogP contribution < -0.4 is 20.9 Å². The number of imide groups is 1. The number of amides is 4. The van der Waals surface area contributed by atoms with E-state index in [0.29, 0.717) is 110 Å². The number of aryl methyl sites for hydroxylation is 2. The van der Waals surface area contributed by atoms with Crippen molar-refractivity contribution in [1.82, 2.24) is 29.7 Å². The number of piperazine rings is 1. The number of pyridine rings is 1. The second-order valence-corrected chi connectivity index (χ2v) is 17.9. The highest BCUT2D eigenvalue weighted by molar-refractivity contribution is 6.25. The number of aromatic nitrogens is 3. The number of ether oxygens (including phenoxy) is 4. The van der Waals surface area contributed by atoms with Crippen LogP contribution >= 0.6 is 0 Å². The average Bonchev–Trinajstić information content (AvgIpc) is 4.02. The van der Waals surface area contributed by atoms with E-state index in [9.17, 15) is 19.2 Å². The molecule has 3 aliphatic rings. The summed E-state index contributed by atoms with van der Waals surface area (Å²) in [7, 11) is 0. The van der Waals surface area contributed by atoms with E-state index in [0.717, 1.165) is 69.0 Å². The molecule has 0 radical (unpaired) electrons. The number of carbonyl (C=O) groups excluding carboxylic acids is 4. The van der Waals surface area contributed by atoms with Crippen molar-refractivity contribution in [1.29, 1.82) is 0 Å². The molecule has 3 N–H and O–H groups in total. The number of benzene rings is 3. The third-order valence-corrected chi connectivity index (χ3v) is 13.1. The summed E-state index contributed by atoms with van der Waals surface area (Å²) in [4.78, 5) is 62.4. The number of carbonyl (C=O) groups is 4. The Kier molecular flexibility index (Phi) is 16.0. The number of piperidine rings is 1. The van der Waals surface area contributed by atoms with Crippen molar-refractivity contribution in [3.63, 3.8) is 0 Å². The summed E-state index contributed by atoms with van der Waals surface area (Å²) in [5, 5.41) is 13.6. The Morgan fingerprint density at radius 3 is 2.18 bits per heavy atom. The second-order valence-electron chi connectivity index (χ2n) is 17.9. The molecule has 6 heterocycles. The highest BCUT2D eigenvalue weighted by atomic mass is 16.6. The molecule has 9 rings (SSSR count). The molecule has 2 fully saturated rings. The molecular weight excluding hydrogens is 919 g/mol. The van der Waals surface area contributed by atoms with E-state index in [4.69, 9.17) is 28.5 Å². The van der Waals surface area contributed by atoms with Gasteiger partial charge in [-0.15, -0.1) is 0 Å². The summed E-state index contributed by atoms with van der Waals surface area (Å²) in [5.74, 6) is 0.405. The molecule has 0 saturated carbocycles. The van der Waals surface area contributed by atoms with Gasteiger partial charge in [0.25, 0.3) is 11.8 Å². The Morgan fingerprint density at radius 1 is 0.778 bits per heavy atom. The Bertz CT molecular complexity index is 2870. The molecule has 4 amide bonds. The van der Waals surface area contributed by atoms with E-state index < -0.39 is 23.8 Å². The quantitative estimate of drug-likeness (QED) is 0.0466. The Balaban J connectivity index is 0.633. The minimum Gasteiger partial charge on any atom is -0.382 e. The first kappa shape index (κ1) is 49.6. The number of nitrogens with zero attached hydrogens (tertiary/aromatic N) is 6. The highest BCUT2D eigenvalue weighted by Crippen LogP contribution is 2.35. The predicted octanol–water partition coefficient (Wildman–Crippen LogP) is 6.49.